The lowest BCUT2D eigenvalue weighted by Gasteiger charge is -2.05. The van der Waals surface area contributed by atoms with Gasteiger partial charge in [-0.15, -0.1) is 0 Å². The lowest BCUT2D eigenvalue weighted by molar-refractivity contribution is -0.124. The largest absolute Gasteiger partial charge is 0.352 e. The highest BCUT2D eigenvalue weighted by Gasteiger charge is 2.24. The number of hydrogen-bond acceptors (Lipinski definition) is 2. The zero-order valence-corrected chi connectivity index (χ0v) is 11.2. The van der Waals surface area contributed by atoms with E-state index < -0.39 is 0 Å². The van der Waals surface area contributed by atoms with Gasteiger partial charge in [0.1, 0.15) is 0 Å². The molecule has 100 valence electrons. The Hall–Kier alpha value is -1.52. The Morgan fingerprint density at radius 2 is 2.17 bits per heavy atom. The number of aromatic nitrogens is 2. The Morgan fingerprint density at radius 1 is 1.50 bits per heavy atom. The molecule has 0 atom stereocenters. The highest BCUT2D eigenvalue weighted by molar-refractivity contribution is 5.77. The Bertz CT molecular complexity index is 495. The summed E-state index contributed by atoms with van der Waals surface area (Å²) in [5.74, 6) is 0.570. The molecule has 1 saturated carbocycles. The molecule has 1 aromatic heterocycles. The fourth-order valence-electron chi connectivity index (χ4n) is 1.92. The molecular weight excluding hydrogens is 230 g/mol. The Labute approximate surface area is 107 Å². The first kappa shape index (κ1) is 12.9. The number of H-pyrrole nitrogens is 1. The van der Waals surface area contributed by atoms with Crippen LogP contribution >= 0.6 is 0 Å². The predicted octanol–water partition coefficient (Wildman–Crippen LogP) is 1.17. The van der Waals surface area contributed by atoms with Gasteiger partial charge < -0.3 is 5.32 Å². The first-order chi connectivity index (χ1) is 8.49. The molecule has 0 spiro atoms. The number of carbonyl (C=O) groups is 1. The van der Waals surface area contributed by atoms with E-state index in [1.54, 1.807) is 4.68 Å². The first-order valence-electron chi connectivity index (χ1n) is 6.55. The average Bonchev–Trinajstić information content (AvgIpc) is 3.06. The zero-order chi connectivity index (χ0) is 13.3. The van der Waals surface area contributed by atoms with Gasteiger partial charge in [-0.3, -0.25) is 19.4 Å². The fraction of sp³-hybridized carbons (Fsp3) is 0.692. The van der Waals surface area contributed by atoms with E-state index in [0.29, 0.717) is 18.0 Å². The van der Waals surface area contributed by atoms with Gasteiger partial charge in [0.25, 0.3) is 5.56 Å². The van der Waals surface area contributed by atoms with Gasteiger partial charge in [-0.05, 0) is 25.7 Å². The van der Waals surface area contributed by atoms with Crippen LogP contribution in [0.3, 0.4) is 0 Å². The van der Waals surface area contributed by atoms with Crippen molar-refractivity contribution in [3.05, 3.63) is 21.6 Å². The van der Waals surface area contributed by atoms with Crippen molar-refractivity contribution < 1.29 is 4.79 Å². The molecule has 5 nitrogen and oxygen atoms in total. The standard InChI is InChI=1S/C13H21N3O2/c1-8(2)12(17)14-6-11-9(3)15-16(13(11)18)7-10-4-5-10/h8,10,15H,4-7H2,1-3H3,(H,14,17). The van der Waals surface area contributed by atoms with Gasteiger partial charge in [-0.25, -0.2) is 0 Å². The van der Waals surface area contributed by atoms with Crippen molar-refractivity contribution in [2.75, 3.05) is 0 Å². The second kappa shape index (κ2) is 5.00. The molecule has 0 aliphatic heterocycles. The van der Waals surface area contributed by atoms with Crippen LogP contribution in [0.25, 0.3) is 0 Å². The molecule has 18 heavy (non-hydrogen) atoms. The molecule has 1 aromatic rings. The lowest BCUT2D eigenvalue weighted by atomic mass is 10.2. The molecule has 0 unspecified atom stereocenters. The van der Waals surface area contributed by atoms with E-state index in [9.17, 15) is 9.59 Å². The maximum Gasteiger partial charge on any atom is 0.271 e. The van der Waals surface area contributed by atoms with Crippen LogP contribution in [0, 0.1) is 18.8 Å². The summed E-state index contributed by atoms with van der Waals surface area (Å²) in [5, 5.41) is 5.88. The van der Waals surface area contributed by atoms with Crippen LogP contribution in [0.5, 0.6) is 0 Å². The maximum absolute atomic E-state index is 12.1. The second-order valence-electron chi connectivity index (χ2n) is 5.45. The van der Waals surface area contributed by atoms with Crippen molar-refractivity contribution in [2.24, 2.45) is 11.8 Å². The topological polar surface area (TPSA) is 66.9 Å². The molecule has 1 amide bonds. The van der Waals surface area contributed by atoms with Crippen LogP contribution in [0.15, 0.2) is 4.79 Å². The summed E-state index contributed by atoms with van der Waals surface area (Å²) in [6.07, 6.45) is 2.42. The van der Waals surface area contributed by atoms with Crippen molar-refractivity contribution in [2.45, 2.75) is 46.7 Å². The molecule has 0 radical (unpaired) electrons. The highest BCUT2D eigenvalue weighted by Crippen LogP contribution is 2.29. The van der Waals surface area contributed by atoms with Gasteiger partial charge in [-0.1, -0.05) is 13.8 Å². The number of amides is 1. The van der Waals surface area contributed by atoms with Crippen molar-refractivity contribution in [1.29, 1.82) is 0 Å². The number of hydrogen-bond donors (Lipinski definition) is 2. The normalized spacial score (nSPS) is 15.1. The van der Waals surface area contributed by atoms with Gasteiger partial charge in [0, 0.05) is 18.2 Å². The lowest BCUT2D eigenvalue weighted by Crippen LogP contribution is -2.30. The van der Waals surface area contributed by atoms with E-state index in [1.807, 2.05) is 20.8 Å². The Morgan fingerprint density at radius 3 is 2.72 bits per heavy atom. The van der Waals surface area contributed by atoms with Gasteiger partial charge in [0.2, 0.25) is 5.91 Å². The number of aryl methyl sites for hydroxylation is 1. The third kappa shape index (κ3) is 2.83. The molecule has 0 aromatic carbocycles. The first-order valence-corrected chi connectivity index (χ1v) is 6.55. The monoisotopic (exact) mass is 251 g/mol. The zero-order valence-electron chi connectivity index (χ0n) is 11.2. The Balaban J connectivity index is 2.05. The minimum absolute atomic E-state index is 0.00320. The number of carbonyl (C=O) groups excluding carboxylic acids is 1. The number of aromatic amines is 1. The van der Waals surface area contributed by atoms with E-state index >= 15 is 0 Å². The molecule has 1 heterocycles. The molecule has 1 aliphatic rings. The molecule has 2 N–H and O–H groups in total. The molecular formula is C13H21N3O2. The van der Waals surface area contributed by atoms with Gasteiger partial charge in [0.15, 0.2) is 0 Å². The molecule has 1 fully saturated rings. The van der Waals surface area contributed by atoms with Crippen molar-refractivity contribution in [3.8, 4) is 0 Å². The van der Waals surface area contributed by atoms with E-state index in [4.69, 9.17) is 0 Å². The number of rotatable bonds is 5. The maximum atomic E-state index is 12.1. The molecule has 5 heteroatoms. The van der Waals surface area contributed by atoms with Gasteiger partial charge >= 0.3 is 0 Å². The minimum atomic E-state index is -0.0575. The highest BCUT2D eigenvalue weighted by atomic mass is 16.2. The quantitative estimate of drug-likeness (QED) is 0.825. The Kier molecular flexibility index (Phi) is 3.59. The van der Waals surface area contributed by atoms with Gasteiger partial charge in [-0.2, -0.15) is 0 Å². The van der Waals surface area contributed by atoms with Crippen molar-refractivity contribution in [1.82, 2.24) is 15.1 Å². The average molecular weight is 251 g/mol. The molecule has 1 aliphatic carbocycles. The van der Waals surface area contributed by atoms with Crippen LogP contribution in [-0.4, -0.2) is 15.7 Å². The van der Waals surface area contributed by atoms with Crippen LogP contribution in [0.2, 0.25) is 0 Å². The summed E-state index contributed by atoms with van der Waals surface area (Å²) < 4.78 is 1.67. The number of nitrogens with zero attached hydrogens (tertiary/aromatic N) is 1. The SMILES string of the molecule is Cc1[nH]n(CC2CC2)c(=O)c1CNC(=O)C(C)C. The summed E-state index contributed by atoms with van der Waals surface area (Å²) in [6, 6.07) is 0. The van der Waals surface area contributed by atoms with Crippen LogP contribution in [-0.2, 0) is 17.9 Å². The third-order valence-electron chi connectivity index (χ3n) is 3.36. The summed E-state index contributed by atoms with van der Waals surface area (Å²) in [7, 11) is 0. The minimum Gasteiger partial charge on any atom is -0.352 e. The summed E-state index contributed by atoms with van der Waals surface area (Å²) in [5.41, 5.74) is 1.53. The van der Waals surface area contributed by atoms with Crippen molar-refractivity contribution in [3.63, 3.8) is 0 Å². The van der Waals surface area contributed by atoms with Crippen molar-refractivity contribution >= 4 is 5.91 Å². The van der Waals surface area contributed by atoms with Crippen LogP contribution < -0.4 is 10.9 Å². The van der Waals surface area contributed by atoms with E-state index in [0.717, 1.165) is 12.2 Å². The third-order valence-corrected chi connectivity index (χ3v) is 3.36. The summed E-state index contributed by atoms with van der Waals surface area (Å²) in [6.45, 7) is 6.64. The van der Waals surface area contributed by atoms with Gasteiger partial charge in [0.05, 0.1) is 12.1 Å². The molecule has 0 bridgehead atoms. The fourth-order valence-corrected chi connectivity index (χ4v) is 1.92. The van der Waals surface area contributed by atoms with Crippen LogP contribution in [0.1, 0.15) is 37.9 Å². The van der Waals surface area contributed by atoms with Crippen LogP contribution in [0.4, 0.5) is 0 Å². The van der Waals surface area contributed by atoms with E-state index in [2.05, 4.69) is 10.4 Å². The predicted molar refractivity (Wildman–Crippen MR) is 69.2 cm³/mol. The smallest absolute Gasteiger partial charge is 0.271 e. The summed E-state index contributed by atoms with van der Waals surface area (Å²) in [4.78, 5) is 23.6. The molecule has 2 rings (SSSR count). The number of nitrogens with one attached hydrogen (secondary N) is 2. The van der Waals surface area contributed by atoms with E-state index in [1.165, 1.54) is 12.8 Å². The second-order valence-corrected chi connectivity index (χ2v) is 5.45. The van der Waals surface area contributed by atoms with E-state index in [-0.39, 0.29) is 17.4 Å². The summed E-state index contributed by atoms with van der Waals surface area (Å²) >= 11 is 0. The molecule has 0 saturated heterocycles.